The fourth-order valence-corrected chi connectivity index (χ4v) is 2.34. The molecule has 6 heteroatoms. The largest absolute Gasteiger partial charge is 0.372 e. The van der Waals surface area contributed by atoms with Crippen LogP contribution in [-0.2, 0) is 0 Å². The number of rotatable bonds is 4. The number of hydrogen-bond donors (Lipinski definition) is 2. The summed E-state index contributed by atoms with van der Waals surface area (Å²) in [5.74, 6) is 0.302. The second-order valence-electron chi connectivity index (χ2n) is 4.55. The normalized spacial score (nSPS) is 11.8. The average molecular weight is 324 g/mol. The van der Waals surface area contributed by atoms with Crippen LogP contribution in [0.3, 0.4) is 0 Å². The Kier molecular flexibility index (Phi) is 5.04. The van der Waals surface area contributed by atoms with E-state index < -0.39 is 0 Å². The predicted octanol–water partition coefficient (Wildman–Crippen LogP) is 3.92. The van der Waals surface area contributed by atoms with Crippen LogP contribution in [0.15, 0.2) is 36.5 Å². The van der Waals surface area contributed by atoms with Crippen LogP contribution in [-0.4, -0.2) is 17.9 Å². The van der Waals surface area contributed by atoms with Gasteiger partial charge in [0.15, 0.2) is 0 Å². The molecule has 2 rings (SSSR count). The highest BCUT2D eigenvalue weighted by Crippen LogP contribution is 2.21. The number of nitrogens with zero attached hydrogens (tertiary/aromatic N) is 1. The van der Waals surface area contributed by atoms with Gasteiger partial charge in [-0.1, -0.05) is 35.3 Å². The van der Waals surface area contributed by atoms with Gasteiger partial charge in [0.05, 0.1) is 16.6 Å². The van der Waals surface area contributed by atoms with Crippen LogP contribution in [0.4, 0.5) is 5.82 Å². The highest BCUT2D eigenvalue weighted by atomic mass is 35.5. The Labute approximate surface area is 133 Å². The number of amides is 1. The second-order valence-corrected chi connectivity index (χ2v) is 5.40. The van der Waals surface area contributed by atoms with Crippen LogP contribution in [0.2, 0.25) is 10.0 Å². The molecule has 0 saturated heterocycles. The Balaban J connectivity index is 2.12. The molecule has 1 aromatic heterocycles. The number of carbonyl (C=O) groups is 1. The Morgan fingerprint density at radius 3 is 2.67 bits per heavy atom. The predicted molar refractivity (Wildman–Crippen MR) is 86.1 cm³/mol. The number of carbonyl (C=O) groups excluding carboxylic acids is 1. The summed E-state index contributed by atoms with van der Waals surface area (Å²) in [6, 6.07) is 8.79. The van der Waals surface area contributed by atoms with Gasteiger partial charge in [0.1, 0.15) is 5.82 Å². The molecular weight excluding hydrogens is 309 g/mol. The summed E-state index contributed by atoms with van der Waals surface area (Å²) < 4.78 is 0. The minimum atomic E-state index is -0.237. The Bertz CT molecular complexity index is 661. The smallest absolute Gasteiger partial charge is 0.253 e. The van der Waals surface area contributed by atoms with Crippen LogP contribution in [0.5, 0.6) is 0 Å². The van der Waals surface area contributed by atoms with Crippen molar-refractivity contribution < 1.29 is 4.79 Å². The molecule has 0 radical (unpaired) electrons. The molecule has 110 valence electrons. The molecule has 21 heavy (non-hydrogen) atoms. The summed E-state index contributed by atoms with van der Waals surface area (Å²) in [7, 11) is 1.72. The summed E-state index contributed by atoms with van der Waals surface area (Å²) >= 11 is 12.0. The van der Waals surface area contributed by atoms with Gasteiger partial charge >= 0.3 is 0 Å². The zero-order chi connectivity index (χ0) is 15.4. The lowest BCUT2D eigenvalue weighted by molar-refractivity contribution is 0.0939. The molecule has 1 atom stereocenters. The van der Waals surface area contributed by atoms with Crippen molar-refractivity contribution in [3.63, 3.8) is 0 Å². The molecule has 0 bridgehead atoms. The van der Waals surface area contributed by atoms with Gasteiger partial charge in [-0.2, -0.15) is 0 Å². The van der Waals surface area contributed by atoms with Gasteiger partial charge < -0.3 is 10.6 Å². The number of pyridine rings is 1. The van der Waals surface area contributed by atoms with Crippen molar-refractivity contribution in [2.24, 2.45) is 0 Å². The first-order chi connectivity index (χ1) is 10.0. The molecule has 0 aliphatic carbocycles. The SMILES string of the molecule is CNc1ncc(C(=O)NC(C)c2cccc(Cl)c2)cc1Cl. The molecule has 1 heterocycles. The number of aromatic nitrogens is 1. The van der Waals surface area contributed by atoms with Crippen LogP contribution in [0.25, 0.3) is 0 Å². The number of halogens is 2. The van der Waals surface area contributed by atoms with E-state index in [4.69, 9.17) is 23.2 Å². The lowest BCUT2D eigenvalue weighted by Crippen LogP contribution is -2.26. The summed E-state index contributed by atoms with van der Waals surface area (Å²) in [5.41, 5.74) is 1.34. The van der Waals surface area contributed by atoms with Crippen molar-refractivity contribution in [1.29, 1.82) is 0 Å². The van der Waals surface area contributed by atoms with Crippen molar-refractivity contribution in [3.05, 3.63) is 57.7 Å². The van der Waals surface area contributed by atoms with Gasteiger partial charge in [0, 0.05) is 18.3 Å². The molecule has 1 unspecified atom stereocenters. The fourth-order valence-electron chi connectivity index (χ4n) is 1.89. The van der Waals surface area contributed by atoms with Gasteiger partial charge in [-0.15, -0.1) is 0 Å². The van der Waals surface area contributed by atoms with Crippen LogP contribution < -0.4 is 10.6 Å². The van der Waals surface area contributed by atoms with Gasteiger partial charge in [-0.25, -0.2) is 4.98 Å². The van der Waals surface area contributed by atoms with Gasteiger partial charge in [-0.3, -0.25) is 4.79 Å². The molecule has 4 nitrogen and oxygen atoms in total. The third-order valence-corrected chi connectivity index (χ3v) is 3.56. The molecule has 1 amide bonds. The van der Waals surface area contributed by atoms with E-state index in [0.29, 0.717) is 21.4 Å². The quantitative estimate of drug-likeness (QED) is 0.896. The van der Waals surface area contributed by atoms with Crippen LogP contribution in [0, 0.1) is 0 Å². The van der Waals surface area contributed by atoms with E-state index in [1.54, 1.807) is 19.2 Å². The average Bonchev–Trinajstić information content (AvgIpc) is 2.47. The van der Waals surface area contributed by atoms with Crippen molar-refractivity contribution in [2.75, 3.05) is 12.4 Å². The number of hydrogen-bond acceptors (Lipinski definition) is 3. The Morgan fingerprint density at radius 1 is 1.29 bits per heavy atom. The summed E-state index contributed by atoms with van der Waals surface area (Å²) in [6.45, 7) is 1.89. The zero-order valence-electron chi connectivity index (χ0n) is 11.7. The van der Waals surface area contributed by atoms with E-state index in [1.807, 2.05) is 25.1 Å². The molecule has 0 spiro atoms. The maximum absolute atomic E-state index is 12.2. The minimum Gasteiger partial charge on any atom is -0.372 e. The monoisotopic (exact) mass is 323 g/mol. The van der Waals surface area contributed by atoms with Crippen LogP contribution >= 0.6 is 23.2 Å². The first-order valence-corrected chi connectivity index (χ1v) is 7.16. The number of nitrogens with one attached hydrogen (secondary N) is 2. The van der Waals surface area contributed by atoms with Gasteiger partial charge in [0.2, 0.25) is 0 Å². The summed E-state index contributed by atoms with van der Waals surface area (Å²) in [6.07, 6.45) is 1.48. The highest BCUT2D eigenvalue weighted by Gasteiger charge is 2.13. The van der Waals surface area contributed by atoms with E-state index in [9.17, 15) is 4.79 Å². The maximum atomic E-state index is 12.2. The standard InChI is InChI=1S/C15H15Cl2N3O/c1-9(10-4-3-5-12(16)6-10)20-15(21)11-7-13(17)14(18-2)19-8-11/h3-9H,1-2H3,(H,18,19)(H,20,21). The van der Waals surface area contributed by atoms with Crippen molar-refractivity contribution >= 4 is 34.9 Å². The topological polar surface area (TPSA) is 54.0 Å². The minimum absolute atomic E-state index is 0.168. The second kappa shape index (κ2) is 6.78. The summed E-state index contributed by atoms with van der Waals surface area (Å²) in [5, 5.41) is 6.77. The highest BCUT2D eigenvalue weighted by molar-refractivity contribution is 6.33. The fraction of sp³-hybridized carbons (Fsp3) is 0.200. The lowest BCUT2D eigenvalue weighted by atomic mass is 10.1. The van der Waals surface area contributed by atoms with Crippen LogP contribution in [0.1, 0.15) is 28.9 Å². The van der Waals surface area contributed by atoms with Crippen molar-refractivity contribution in [3.8, 4) is 0 Å². The third kappa shape index (κ3) is 3.86. The van der Waals surface area contributed by atoms with Crippen molar-refractivity contribution in [2.45, 2.75) is 13.0 Å². The molecule has 2 aromatic rings. The van der Waals surface area contributed by atoms with E-state index in [2.05, 4.69) is 15.6 Å². The molecule has 0 saturated carbocycles. The summed E-state index contributed by atoms with van der Waals surface area (Å²) in [4.78, 5) is 16.3. The van der Waals surface area contributed by atoms with E-state index >= 15 is 0 Å². The third-order valence-electron chi connectivity index (χ3n) is 3.04. The molecule has 0 aliphatic heterocycles. The lowest BCUT2D eigenvalue weighted by Gasteiger charge is -2.15. The van der Waals surface area contributed by atoms with Gasteiger partial charge in [0.25, 0.3) is 5.91 Å². The number of anilines is 1. The maximum Gasteiger partial charge on any atom is 0.253 e. The molecule has 0 fully saturated rings. The van der Waals surface area contributed by atoms with E-state index in [0.717, 1.165) is 5.56 Å². The van der Waals surface area contributed by atoms with Crippen molar-refractivity contribution in [1.82, 2.24) is 10.3 Å². The van der Waals surface area contributed by atoms with E-state index in [-0.39, 0.29) is 11.9 Å². The zero-order valence-corrected chi connectivity index (χ0v) is 13.2. The Hall–Kier alpha value is -1.78. The molecule has 2 N–H and O–H groups in total. The molecule has 0 aliphatic rings. The first-order valence-electron chi connectivity index (χ1n) is 6.41. The molecular formula is C15H15Cl2N3O. The Morgan fingerprint density at radius 2 is 2.05 bits per heavy atom. The molecule has 1 aromatic carbocycles. The van der Waals surface area contributed by atoms with Gasteiger partial charge in [-0.05, 0) is 30.7 Å². The first kappa shape index (κ1) is 15.6. The van der Waals surface area contributed by atoms with E-state index in [1.165, 1.54) is 6.20 Å². The number of benzene rings is 1.